The first kappa shape index (κ1) is 21.1. The zero-order valence-electron chi connectivity index (χ0n) is 17.7. The molecule has 0 spiro atoms. The Bertz CT molecular complexity index is 1040. The van der Waals surface area contributed by atoms with Gasteiger partial charge in [-0.05, 0) is 46.9 Å². The number of amides is 1. The van der Waals surface area contributed by atoms with Crippen LogP contribution in [0.15, 0.2) is 71.8 Å². The highest BCUT2D eigenvalue weighted by Crippen LogP contribution is 2.21. The van der Waals surface area contributed by atoms with E-state index in [0.717, 1.165) is 29.7 Å². The van der Waals surface area contributed by atoms with Crippen LogP contribution in [-0.2, 0) is 11.4 Å². The molecule has 0 atom stereocenters. The molecule has 5 heteroatoms. The predicted molar refractivity (Wildman–Crippen MR) is 125 cm³/mol. The van der Waals surface area contributed by atoms with Gasteiger partial charge < -0.3 is 10.1 Å². The third-order valence-corrected chi connectivity index (χ3v) is 5.69. The molecular weight excluding hydrogens is 386 g/mol. The van der Waals surface area contributed by atoms with Gasteiger partial charge in [0.15, 0.2) is 0 Å². The summed E-state index contributed by atoms with van der Waals surface area (Å²) in [6, 6.07) is 22.7. The average molecular weight is 416 g/mol. The number of benzene rings is 3. The van der Waals surface area contributed by atoms with Crippen molar-refractivity contribution in [1.82, 2.24) is 10.7 Å². The van der Waals surface area contributed by atoms with Crippen molar-refractivity contribution < 1.29 is 9.53 Å². The van der Waals surface area contributed by atoms with Crippen molar-refractivity contribution in [2.45, 2.75) is 44.8 Å². The summed E-state index contributed by atoms with van der Waals surface area (Å²) in [5, 5.41) is 9.81. The fraction of sp³-hybridized carbons (Fsp3) is 0.308. The lowest BCUT2D eigenvalue weighted by Gasteiger charge is -2.22. The van der Waals surface area contributed by atoms with Crippen molar-refractivity contribution in [3.05, 3.63) is 77.9 Å². The van der Waals surface area contributed by atoms with E-state index in [-0.39, 0.29) is 5.91 Å². The number of hydrazone groups is 1. The lowest BCUT2D eigenvalue weighted by atomic mass is 9.95. The molecule has 1 amide bonds. The second-order valence-corrected chi connectivity index (χ2v) is 8.01. The van der Waals surface area contributed by atoms with E-state index in [4.69, 9.17) is 4.74 Å². The van der Waals surface area contributed by atoms with E-state index in [1.54, 1.807) is 6.21 Å². The van der Waals surface area contributed by atoms with Crippen molar-refractivity contribution in [2.24, 2.45) is 5.10 Å². The lowest BCUT2D eigenvalue weighted by molar-refractivity contribution is -0.120. The van der Waals surface area contributed by atoms with Gasteiger partial charge in [-0.15, -0.1) is 0 Å². The van der Waals surface area contributed by atoms with Gasteiger partial charge in [0.1, 0.15) is 12.4 Å². The smallest absolute Gasteiger partial charge is 0.254 e. The van der Waals surface area contributed by atoms with Gasteiger partial charge in [0.2, 0.25) is 0 Å². The molecule has 0 aromatic heterocycles. The number of hydrogen-bond acceptors (Lipinski definition) is 4. The van der Waals surface area contributed by atoms with E-state index < -0.39 is 0 Å². The monoisotopic (exact) mass is 415 g/mol. The molecule has 160 valence electrons. The molecule has 3 aromatic carbocycles. The average Bonchev–Trinajstić information content (AvgIpc) is 2.82. The molecular formula is C26H29N3O2. The molecule has 0 heterocycles. The fourth-order valence-corrected chi connectivity index (χ4v) is 4.03. The Morgan fingerprint density at radius 1 is 1.00 bits per heavy atom. The Kier molecular flexibility index (Phi) is 7.29. The Morgan fingerprint density at radius 2 is 1.81 bits per heavy atom. The van der Waals surface area contributed by atoms with Crippen LogP contribution in [0.5, 0.6) is 5.75 Å². The summed E-state index contributed by atoms with van der Waals surface area (Å²) in [7, 11) is 0. The number of nitrogens with one attached hydrogen (secondary N) is 2. The molecule has 1 aliphatic carbocycles. The van der Waals surface area contributed by atoms with E-state index in [2.05, 4.69) is 46.2 Å². The Hall–Kier alpha value is -3.18. The quantitative estimate of drug-likeness (QED) is 0.411. The van der Waals surface area contributed by atoms with Crippen molar-refractivity contribution in [3.63, 3.8) is 0 Å². The van der Waals surface area contributed by atoms with Crippen LogP contribution in [0.3, 0.4) is 0 Å². The minimum Gasteiger partial charge on any atom is -0.489 e. The number of carbonyl (C=O) groups is 1. The molecule has 4 rings (SSSR count). The second-order valence-electron chi connectivity index (χ2n) is 8.01. The SMILES string of the molecule is O=C(CNC1CCCCC1)N/N=C\c1cccc(OCc2cccc3ccccc23)c1. The van der Waals surface area contributed by atoms with Gasteiger partial charge in [-0.3, -0.25) is 4.79 Å². The molecule has 0 unspecified atom stereocenters. The highest BCUT2D eigenvalue weighted by Gasteiger charge is 2.13. The maximum Gasteiger partial charge on any atom is 0.254 e. The highest BCUT2D eigenvalue weighted by atomic mass is 16.5. The number of hydrogen-bond donors (Lipinski definition) is 2. The minimum absolute atomic E-state index is 0.120. The zero-order chi connectivity index (χ0) is 21.3. The first-order valence-corrected chi connectivity index (χ1v) is 11.0. The summed E-state index contributed by atoms with van der Waals surface area (Å²) in [6.07, 6.45) is 7.75. The molecule has 0 saturated heterocycles. The number of rotatable bonds is 8. The topological polar surface area (TPSA) is 62.7 Å². The van der Waals surface area contributed by atoms with Crippen LogP contribution in [0.4, 0.5) is 0 Å². The van der Waals surface area contributed by atoms with E-state index in [0.29, 0.717) is 19.2 Å². The third kappa shape index (κ3) is 6.15. The molecule has 2 N–H and O–H groups in total. The zero-order valence-corrected chi connectivity index (χ0v) is 17.7. The number of carbonyl (C=O) groups excluding carboxylic acids is 1. The van der Waals surface area contributed by atoms with Crippen molar-refractivity contribution in [2.75, 3.05) is 6.54 Å². The van der Waals surface area contributed by atoms with Crippen LogP contribution in [0.25, 0.3) is 10.8 Å². The Balaban J connectivity index is 1.28. The molecule has 5 nitrogen and oxygen atoms in total. The molecule has 0 bridgehead atoms. The van der Waals surface area contributed by atoms with Crippen molar-refractivity contribution in [1.29, 1.82) is 0 Å². The van der Waals surface area contributed by atoms with Crippen LogP contribution >= 0.6 is 0 Å². The van der Waals surface area contributed by atoms with Crippen LogP contribution in [0.2, 0.25) is 0 Å². The molecule has 0 radical (unpaired) electrons. The van der Waals surface area contributed by atoms with Gasteiger partial charge in [-0.25, -0.2) is 5.43 Å². The van der Waals surface area contributed by atoms with Gasteiger partial charge in [-0.1, -0.05) is 73.9 Å². The first-order valence-electron chi connectivity index (χ1n) is 11.0. The van der Waals surface area contributed by atoms with Gasteiger partial charge in [0.25, 0.3) is 5.91 Å². The molecule has 1 aliphatic rings. The maximum absolute atomic E-state index is 12.0. The summed E-state index contributed by atoms with van der Waals surface area (Å²) >= 11 is 0. The molecule has 3 aromatic rings. The number of fused-ring (bicyclic) bond motifs is 1. The Labute approximate surface area is 183 Å². The molecule has 0 aliphatic heterocycles. The highest BCUT2D eigenvalue weighted by molar-refractivity contribution is 5.85. The summed E-state index contributed by atoms with van der Waals surface area (Å²) in [5.41, 5.74) is 4.61. The van der Waals surface area contributed by atoms with E-state index >= 15 is 0 Å². The molecule has 1 saturated carbocycles. The van der Waals surface area contributed by atoms with Crippen molar-refractivity contribution >= 4 is 22.9 Å². The van der Waals surface area contributed by atoms with Crippen molar-refractivity contribution in [3.8, 4) is 5.75 Å². The van der Waals surface area contributed by atoms with Crippen LogP contribution in [0, 0.1) is 0 Å². The Morgan fingerprint density at radius 3 is 2.71 bits per heavy atom. The van der Waals surface area contributed by atoms with Crippen LogP contribution < -0.4 is 15.5 Å². The summed E-state index contributed by atoms with van der Waals surface area (Å²) in [5.74, 6) is 0.646. The fourth-order valence-electron chi connectivity index (χ4n) is 4.03. The van der Waals surface area contributed by atoms with E-state index in [1.165, 1.54) is 30.0 Å². The second kappa shape index (κ2) is 10.7. The van der Waals surface area contributed by atoms with Gasteiger partial charge in [-0.2, -0.15) is 5.10 Å². The maximum atomic E-state index is 12.0. The van der Waals surface area contributed by atoms with Crippen LogP contribution in [-0.4, -0.2) is 24.7 Å². The molecule has 1 fully saturated rings. The lowest BCUT2D eigenvalue weighted by Crippen LogP contribution is -2.38. The predicted octanol–water partition coefficient (Wildman–Crippen LogP) is 4.79. The summed E-state index contributed by atoms with van der Waals surface area (Å²) in [4.78, 5) is 12.0. The first-order chi connectivity index (χ1) is 15.3. The molecule has 31 heavy (non-hydrogen) atoms. The minimum atomic E-state index is -0.120. The number of ether oxygens (including phenoxy) is 1. The third-order valence-electron chi connectivity index (χ3n) is 5.69. The number of nitrogens with zero attached hydrogens (tertiary/aromatic N) is 1. The van der Waals surface area contributed by atoms with E-state index in [1.807, 2.05) is 36.4 Å². The van der Waals surface area contributed by atoms with Gasteiger partial charge in [0, 0.05) is 6.04 Å². The van der Waals surface area contributed by atoms with E-state index in [9.17, 15) is 4.79 Å². The largest absolute Gasteiger partial charge is 0.489 e. The standard InChI is InChI=1S/C26H29N3O2/c30-26(18-27-23-12-2-1-3-13-23)29-28-17-20-8-6-14-24(16-20)31-19-22-11-7-10-21-9-4-5-15-25(21)22/h4-11,14-17,23,27H,1-3,12-13,18-19H2,(H,29,30)/b28-17-. The van der Waals surface area contributed by atoms with Gasteiger partial charge >= 0.3 is 0 Å². The van der Waals surface area contributed by atoms with Crippen LogP contribution in [0.1, 0.15) is 43.2 Å². The summed E-state index contributed by atoms with van der Waals surface area (Å²) in [6.45, 7) is 0.793. The van der Waals surface area contributed by atoms with Gasteiger partial charge in [0.05, 0.1) is 12.8 Å². The normalized spacial score (nSPS) is 14.7. The summed E-state index contributed by atoms with van der Waals surface area (Å²) < 4.78 is 6.01.